The van der Waals surface area contributed by atoms with Gasteiger partial charge in [0, 0.05) is 30.8 Å². The lowest BCUT2D eigenvalue weighted by molar-refractivity contribution is -0.139. The zero-order valence-electron chi connectivity index (χ0n) is 22.3. The fourth-order valence-corrected chi connectivity index (χ4v) is 3.64. The number of carbonyl (C=O) groups is 1. The first kappa shape index (κ1) is 34.5. The van der Waals surface area contributed by atoms with E-state index >= 15 is 0 Å². The van der Waals surface area contributed by atoms with Gasteiger partial charge in [0.25, 0.3) is 0 Å². The van der Waals surface area contributed by atoms with Crippen molar-refractivity contribution in [1.82, 2.24) is 4.90 Å². The van der Waals surface area contributed by atoms with Crippen molar-refractivity contribution >= 4 is 18.4 Å². The second-order valence-electron chi connectivity index (χ2n) is 10.2. The summed E-state index contributed by atoms with van der Waals surface area (Å²) in [7, 11) is 0. The Morgan fingerprint density at radius 2 is 1.39 bits per heavy atom. The molecule has 0 saturated carbocycles. The summed E-state index contributed by atoms with van der Waals surface area (Å²) in [6, 6.07) is 0. The van der Waals surface area contributed by atoms with E-state index in [4.69, 9.17) is 9.47 Å². The lowest BCUT2D eigenvalue weighted by Gasteiger charge is -2.36. The average molecular weight is 492 g/mol. The van der Waals surface area contributed by atoms with Crippen LogP contribution in [0.15, 0.2) is 12.2 Å². The van der Waals surface area contributed by atoms with Gasteiger partial charge in [0.2, 0.25) is 0 Å². The first-order valence-corrected chi connectivity index (χ1v) is 13.0. The third-order valence-electron chi connectivity index (χ3n) is 5.78. The number of β-amino-alcohol motifs (C(OH)–C–C–N with tert-alkyl or cyclic N) is 1. The fraction of sp³-hybridized carbons (Fsp3) is 0.889. The van der Waals surface area contributed by atoms with Crippen LogP contribution in [0.2, 0.25) is 0 Å². The normalized spacial score (nSPS) is 12.5. The summed E-state index contributed by atoms with van der Waals surface area (Å²) < 4.78 is 10.9. The average Bonchev–Trinajstić information content (AvgIpc) is 2.72. The number of rotatable bonds is 21. The first-order chi connectivity index (χ1) is 15.2. The number of hydrogen-bond donors (Lipinski definition) is 1. The van der Waals surface area contributed by atoms with Crippen molar-refractivity contribution in [2.75, 3.05) is 32.9 Å². The van der Waals surface area contributed by atoms with Crippen molar-refractivity contribution < 1.29 is 19.4 Å². The van der Waals surface area contributed by atoms with E-state index in [1.165, 1.54) is 70.6 Å². The molecule has 0 aliphatic heterocycles. The van der Waals surface area contributed by atoms with Crippen molar-refractivity contribution in [3.63, 3.8) is 0 Å². The lowest BCUT2D eigenvalue weighted by atomic mass is 10.1. The maximum atomic E-state index is 11.5. The number of nitrogens with zero attached hydrogens (tertiary/aromatic N) is 1. The number of aliphatic hydroxyl groups is 1. The quantitative estimate of drug-likeness (QED) is 0.110. The Balaban J connectivity index is 0. The van der Waals surface area contributed by atoms with E-state index in [0.717, 1.165) is 6.42 Å². The molecule has 33 heavy (non-hydrogen) atoms. The van der Waals surface area contributed by atoms with Gasteiger partial charge >= 0.3 is 5.97 Å². The number of unbranched alkanes of at least 4 members (excludes halogenated alkanes) is 11. The van der Waals surface area contributed by atoms with Gasteiger partial charge in [0.15, 0.2) is 0 Å². The standard InChI is InChI=1S/C27H53NO4.ClH/c1-7-8-9-10-11-12-13-14-15-16-17-18-20-31-23-25(29)22-28(27(4,5)6)19-21-32-26(30)24(2)3;/h25,29H,2,7-23H2,1,3-6H3;1H/t25-;/m0./s1. The van der Waals surface area contributed by atoms with Gasteiger partial charge in [-0.3, -0.25) is 4.90 Å². The van der Waals surface area contributed by atoms with Gasteiger partial charge in [0.1, 0.15) is 6.61 Å². The molecule has 198 valence electrons. The van der Waals surface area contributed by atoms with Gasteiger partial charge < -0.3 is 14.6 Å². The van der Waals surface area contributed by atoms with Crippen LogP contribution < -0.4 is 0 Å². The molecule has 0 fully saturated rings. The lowest BCUT2D eigenvalue weighted by Crippen LogP contribution is -2.48. The zero-order chi connectivity index (χ0) is 24.2. The van der Waals surface area contributed by atoms with Crippen molar-refractivity contribution in [1.29, 1.82) is 0 Å². The SMILES string of the molecule is C=C(C)C(=O)OCCN(C[C@H](O)COCCCCCCCCCCCCCC)C(C)(C)C.Cl. The summed E-state index contributed by atoms with van der Waals surface area (Å²) in [5.41, 5.74) is 0.269. The van der Waals surface area contributed by atoms with Crippen LogP contribution in [0.1, 0.15) is 112 Å². The molecule has 0 aromatic heterocycles. The molecular weight excluding hydrogens is 438 g/mol. The van der Waals surface area contributed by atoms with Crippen molar-refractivity contribution in [2.45, 2.75) is 123 Å². The highest BCUT2D eigenvalue weighted by Crippen LogP contribution is 2.14. The predicted molar refractivity (Wildman–Crippen MR) is 142 cm³/mol. The summed E-state index contributed by atoms with van der Waals surface area (Å²) in [4.78, 5) is 13.7. The van der Waals surface area contributed by atoms with E-state index in [1.807, 2.05) is 0 Å². The number of ether oxygens (including phenoxy) is 2. The third kappa shape index (κ3) is 21.6. The Kier molecular flexibility index (Phi) is 22.9. The minimum atomic E-state index is -0.552. The summed E-state index contributed by atoms with van der Waals surface area (Å²) in [5.74, 6) is -0.370. The Bertz CT molecular complexity index is 479. The minimum Gasteiger partial charge on any atom is -0.461 e. The van der Waals surface area contributed by atoms with Crippen LogP contribution in [0.25, 0.3) is 0 Å². The number of carbonyl (C=O) groups excluding carboxylic acids is 1. The van der Waals surface area contributed by atoms with Crippen LogP contribution in [0.3, 0.4) is 0 Å². The monoisotopic (exact) mass is 491 g/mol. The van der Waals surface area contributed by atoms with Crippen molar-refractivity contribution in [3.8, 4) is 0 Å². The molecule has 1 atom stereocenters. The number of halogens is 1. The van der Waals surface area contributed by atoms with Crippen molar-refractivity contribution in [3.05, 3.63) is 12.2 Å². The van der Waals surface area contributed by atoms with Crippen LogP contribution >= 0.6 is 12.4 Å². The summed E-state index contributed by atoms with van der Waals surface area (Å²) >= 11 is 0. The topological polar surface area (TPSA) is 59.0 Å². The molecule has 0 aromatic carbocycles. The molecule has 0 bridgehead atoms. The summed E-state index contributed by atoms with van der Waals surface area (Å²) in [5, 5.41) is 10.4. The smallest absolute Gasteiger partial charge is 0.333 e. The van der Waals surface area contributed by atoms with Gasteiger partial charge in [-0.2, -0.15) is 0 Å². The number of hydrogen-bond acceptors (Lipinski definition) is 5. The molecule has 0 amide bonds. The highest BCUT2D eigenvalue weighted by atomic mass is 35.5. The molecule has 1 N–H and O–H groups in total. The Hall–Kier alpha value is -0.620. The van der Waals surface area contributed by atoms with Crippen LogP contribution in [0.4, 0.5) is 0 Å². The van der Waals surface area contributed by atoms with E-state index in [9.17, 15) is 9.90 Å². The van der Waals surface area contributed by atoms with Crippen molar-refractivity contribution in [2.24, 2.45) is 0 Å². The van der Waals surface area contributed by atoms with Gasteiger partial charge in [-0.15, -0.1) is 12.4 Å². The van der Waals surface area contributed by atoms with Crippen LogP contribution in [0, 0.1) is 0 Å². The van der Waals surface area contributed by atoms with Crippen LogP contribution in [0.5, 0.6) is 0 Å². The molecule has 6 heteroatoms. The molecular formula is C27H54ClNO4. The van der Waals surface area contributed by atoms with Crippen LogP contribution in [-0.4, -0.2) is 60.5 Å². The third-order valence-corrected chi connectivity index (χ3v) is 5.78. The van der Waals surface area contributed by atoms with E-state index in [0.29, 0.717) is 31.9 Å². The molecule has 0 radical (unpaired) electrons. The number of aliphatic hydroxyl groups excluding tert-OH is 1. The van der Waals surface area contributed by atoms with Gasteiger partial charge in [-0.25, -0.2) is 4.79 Å². The Morgan fingerprint density at radius 3 is 1.85 bits per heavy atom. The molecule has 0 unspecified atom stereocenters. The first-order valence-electron chi connectivity index (χ1n) is 13.0. The molecule has 0 saturated heterocycles. The van der Waals surface area contributed by atoms with E-state index in [1.54, 1.807) is 6.92 Å². The molecule has 0 rings (SSSR count). The maximum Gasteiger partial charge on any atom is 0.333 e. The zero-order valence-corrected chi connectivity index (χ0v) is 23.1. The maximum absolute atomic E-state index is 11.5. The Labute approximate surface area is 211 Å². The predicted octanol–water partition coefficient (Wildman–Crippen LogP) is 6.71. The molecule has 0 heterocycles. The summed E-state index contributed by atoms with van der Waals surface area (Å²) in [6.45, 7) is 16.2. The molecule has 0 aromatic rings. The molecule has 0 spiro atoms. The van der Waals surface area contributed by atoms with E-state index in [-0.39, 0.29) is 30.5 Å². The largest absolute Gasteiger partial charge is 0.461 e. The van der Waals surface area contributed by atoms with Gasteiger partial charge in [-0.1, -0.05) is 84.1 Å². The highest BCUT2D eigenvalue weighted by Gasteiger charge is 2.24. The number of esters is 1. The molecule has 0 aliphatic carbocycles. The Morgan fingerprint density at radius 1 is 0.909 bits per heavy atom. The molecule has 0 aliphatic rings. The summed E-state index contributed by atoms with van der Waals surface area (Å²) in [6.07, 6.45) is 15.4. The van der Waals surface area contributed by atoms with E-state index < -0.39 is 6.10 Å². The van der Waals surface area contributed by atoms with Crippen LogP contribution in [-0.2, 0) is 14.3 Å². The second-order valence-corrected chi connectivity index (χ2v) is 10.2. The fourth-order valence-electron chi connectivity index (χ4n) is 3.64. The minimum absolute atomic E-state index is 0. The highest BCUT2D eigenvalue weighted by molar-refractivity contribution is 5.86. The second kappa shape index (κ2) is 21.9. The van der Waals surface area contributed by atoms with Gasteiger partial charge in [0.05, 0.1) is 12.7 Å². The molecule has 5 nitrogen and oxygen atoms in total. The van der Waals surface area contributed by atoms with E-state index in [2.05, 4.69) is 39.2 Å². The van der Waals surface area contributed by atoms with Gasteiger partial charge in [-0.05, 0) is 34.1 Å².